The summed E-state index contributed by atoms with van der Waals surface area (Å²) in [7, 11) is 0. The highest BCUT2D eigenvalue weighted by atomic mass is 16.4. The van der Waals surface area contributed by atoms with Crippen molar-refractivity contribution in [2.75, 3.05) is 0 Å². The number of nitrogens with zero attached hydrogens (tertiary/aromatic N) is 3. The molecular weight excluding hydrogens is 432 g/mol. The SMILES string of the molecule is CC[C@H](C)[C@H](NC(=O)C(C#N)C(=O)c1nn(-c2ccccc2)c2c1Cc1ccccc1-2)C(=O)O. The molecule has 34 heavy (non-hydrogen) atoms. The van der Waals surface area contributed by atoms with Crippen molar-refractivity contribution in [2.24, 2.45) is 11.8 Å². The van der Waals surface area contributed by atoms with Crippen LogP contribution in [0.15, 0.2) is 54.6 Å². The average molecular weight is 457 g/mol. The summed E-state index contributed by atoms with van der Waals surface area (Å²) in [4.78, 5) is 38.0. The normalized spacial score (nSPS) is 14.3. The lowest BCUT2D eigenvalue weighted by Crippen LogP contribution is -2.48. The van der Waals surface area contributed by atoms with E-state index in [1.54, 1.807) is 24.6 Å². The lowest BCUT2D eigenvalue weighted by molar-refractivity contribution is -0.143. The zero-order valence-corrected chi connectivity index (χ0v) is 18.9. The number of rotatable bonds is 8. The summed E-state index contributed by atoms with van der Waals surface area (Å²) in [5.41, 5.74) is 4.16. The molecule has 1 heterocycles. The minimum Gasteiger partial charge on any atom is -0.480 e. The smallest absolute Gasteiger partial charge is 0.326 e. The van der Waals surface area contributed by atoms with Gasteiger partial charge < -0.3 is 10.4 Å². The summed E-state index contributed by atoms with van der Waals surface area (Å²) >= 11 is 0. The molecule has 4 rings (SSSR count). The van der Waals surface area contributed by atoms with Gasteiger partial charge in [0.2, 0.25) is 11.7 Å². The minimum atomic E-state index is -1.71. The van der Waals surface area contributed by atoms with Crippen molar-refractivity contribution in [3.05, 3.63) is 71.4 Å². The molecule has 1 aliphatic carbocycles. The summed E-state index contributed by atoms with van der Waals surface area (Å²) in [5, 5.41) is 26.1. The maximum absolute atomic E-state index is 13.5. The Morgan fingerprint density at radius 3 is 2.47 bits per heavy atom. The fraction of sp³-hybridized carbons (Fsp3) is 0.269. The summed E-state index contributed by atoms with van der Waals surface area (Å²) in [5.74, 6) is -4.97. The Bertz CT molecular complexity index is 1310. The van der Waals surface area contributed by atoms with Gasteiger partial charge in [-0.15, -0.1) is 0 Å². The van der Waals surface area contributed by atoms with Gasteiger partial charge >= 0.3 is 5.97 Å². The molecule has 0 spiro atoms. The van der Waals surface area contributed by atoms with Gasteiger partial charge in [0.15, 0.2) is 5.92 Å². The van der Waals surface area contributed by atoms with Gasteiger partial charge in [-0.1, -0.05) is 62.7 Å². The van der Waals surface area contributed by atoms with Gasteiger partial charge in [0.25, 0.3) is 0 Å². The number of carbonyl (C=O) groups excluding carboxylic acids is 2. The topological polar surface area (TPSA) is 125 Å². The molecule has 8 nitrogen and oxygen atoms in total. The van der Waals surface area contributed by atoms with E-state index in [9.17, 15) is 24.8 Å². The highest BCUT2D eigenvalue weighted by Crippen LogP contribution is 2.40. The molecule has 2 aromatic carbocycles. The Kier molecular flexibility index (Phi) is 6.28. The van der Waals surface area contributed by atoms with E-state index < -0.39 is 29.6 Å². The van der Waals surface area contributed by atoms with Gasteiger partial charge in [-0.3, -0.25) is 9.59 Å². The van der Waals surface area contributed by atoms with Crippen molar-refractivity contribution >= 4 is 17.7 Å². The third-order valence-corrected chi connectivity index (χ3v) is 6.29. The molecule has 2 N–H and O–H groups in total. The number of fused-ring (bicyclic) bond motifs is 3. The standard InChI is InChI=1S/C26H24N4O4/c1-3-15(2)21(26(33)34)28-25(32)20(14-27)24(31)22-19-13-16-9-7-8-12-18(16)23(19)30(29-22)17-10-5-4-6-11-17/h4-12,15,20-21H,3,13H2,1-2H3,(H,28,32)(H,33,34)/t15-,20?,21-/m0/s1. The van der Waals surface area contributed by atoms with E-state index in [-0.39, 0.29) is 11.6 Å². The number of Topliss-reactive ketones (excluding diaryl/α,β-unsaturated/α-hetero) is 1. The van der Waals surface area contributed by atoms with Gasteiger partial charge in [-0.2, -0.15) is 10.4 Å². The fourth-order valence-electron chi connectivity index (χ4n) is 4.24. The number of benzene rings is 2. The van der Waals surface area contributed by atoms with Gasteiger partial charge in [0, 0.05) is 17.5 Å². The summed E-state index contributed by atoms with van der Waals surface area (Å²) in [6.45, 7) is 3.49. The van der Waals surface area contributed by atoms with Crippen molar-refractivity contribution in [1.29, 1.82) is 5.26 Å². The number of carboxylic acids is 1. The zero-order chi connectivity index (χ0) is 24.4. The number of aromatic nitrogens is 2. The quantitative estimate of drug-likeness (QED) is 0.309. The Morgan fingerprint density at radius 1 is 1.15 bits per heavy atom. The number of hydrogen-bond acceptors (Lipinski definition) is 5. The molecule has 1 aromatic heterocycles. The lowest BCUT2D eigenvalue weighted by Gasteiger charge is -2.21. The number of nitrogens with one attached hydrogen (secondary N) is 1. The van der Waals surface area contributed by atoms with Crippen LogP contribution in [-0.4, -0.2) is 38.6 Å². The predicted molar refractivity (Wildman–Crippen MR) is 124 cm³/mol. The molecule has 0 fully saturated rings. The second-order valence-corrected chi connectivity index (χ2v) is 8.39. The van der Waals surface area contributed by atoms with Gasteiger partial charge in [-0.05, 0) is 23.6 Å². The second-order valence-electron chi connectivity index (χ2n) is 8.39. The molecule has 1 unspecified atom stereocenters. The van der Waals surface area contributed by atoms with Crippen LogP contribution < -0.4 is 5.32 Å². The molecule has 0 bridgehead atoms. The Hall–Kier alpha value is -4.25. The van der Waals surface area contributed by atoms with Gasteiger partial charge in [-0.25, -0.2) is 9.48 Å². The molecule has 0 saturated carbocycles. The molecule has 1 amide bonds. The van der Waals surface area contributed by atoms with E-state index in [1.165, 1.54) is 0 Å². The third-order valence-electron chi connectivity index (χ3n) is 6.29. The molecule has 172 valence electrons. The molecule has 8 heteroatoms. The first-order chi connectivity index (χ1) is 16.4. The molecule has 0 saturated heterocycles. The van der Waals surface area contributed by atoms with E-state index in [2.05, 4.69) is 10.4 Å². The van der Waals surface area contributed by atoms with Crippen molar-refractivity contribution < 1.29 is 19.5 Å². The maximum atomic E-state index is 13.5. The summed E-state index contributed by atoms with van der Waals surface area (Å²) in [6.07, 6.45) is 0.958. The predicted octanol–water partition coefficient (Wildman–Crippen LogP) is 3.38. The average Bonchev–Trinajstić information content (AvgIpc) is 3.40. The van der Waals surface area contributed by atoms with E-state index in [1.807, 2.05) is 54.6 Å². The van der Waals surface area contributed by atoms with Crippen LogP contribution in [0.2, 0.25) is 0 Å². The van der Waals surface area contributed by atoms with E-state index in [0.717, 1.165) is 22.5 Å². The number of nitriles is 1. The highest BCUT2D eigenvalue weighted by molar-refractivity contribution is 6.13. The van der Waals surface area contributed by atoms with Crippen molar-refractivity contribution in [1.82, 2.24) is 15.1 Å². The van der Waals surface area contributed by atoms with Crippen molar-refractivity contribution in [2.45, 2.75) is 32.7 Å². The Balaban J connectivity index is 1.74. The molecule has 3 aromatic rings. The summed E-state index contributed by atoms with van der Waals surface area (Å²) < 4.78 is 1.67. The number of hydrogen-bond donors (Lipinski definition) is 2. The lowest BCUT2D eigenvalue weighted by atomic mass is 9.95. The number of amides is 1. The molecule has 1 aliphatic rings. The van der Waals surface area contributed by atoms with Gasteiger partial charge in [0.1, 0.15) is 11.7 Å². The Morgan fingerprint density at radius 2 is 1.82 bits per heavy atom. The monoisotopic (exact) mass is 456 g/mol. The van der Waals surface area contributed by atoms with Crippen molar-refractivity contribution in [3.63, 3.8) is 0 Å². The van der Waals surface area contributed by atoms with Crippen LogP contribution in [0.1, 0.15) is 41.9 Å². The second kappa shape index (κ2) is 9.32. The highest BCUT2D eigenvalue weighted by Gasteiger charge is 2.38. The van der Waals surface area contributed by atoms with Crippen LogP contribution in [0.3, 0.4) is 0 Å². The van der Waals surface area contributed by atoms with Crippen LogP contribution in [0.25, 0.3) is 16.9 Å². The van der Waals surface area contributed by atoms with Crippen LogP contribution in [0, 0.1) is 23.2 Å². The van der Waals surface area contributed by atoms with E-state index in [4.69, 9.17) is 0 Å². The number of ketones is 1. The number of para-hydroxylation sites is 1. The van der Waals surface area contributed by atoms with E-state index >= 15 is 0 Å². The Labute approximate surface area is 196 Å². The van der Waals surface area contributed by atoms with Crippen molar-refractivity contribution in [3.8, 4) is 23.0 Å². The maximum Gasteiger partial charge on any atom is 0.326 e. The number of carboxylic acid groups (broad SMARTS) is 1. The largest absolute Gasteiger partial charge is 0.480 e. The minimum absolute atomic E-state index is 0.0483. The molecule has 3 atom stereocenters. The fourth-order valence-corrected chi connectivity index (χ4v) is 4.24. The van der Waals surface area contributed by atoms with Crippen LogP contribution in [0.5, 0.6) is 0 Å². The van der Waals surface area contributed by atoms with E-state index in [0.29, 0.717) is 18.4 Å². The first-order valence-corrected chi connectivity index (χ1v) is 11.1. The van der Waals surface area contributed by atoms with Crippen LogP contribution in [0.4, 0.5) is 0 Å². The third kappa shape index (κ3) is 3.97. The molecular formula is C26H24N4O4. The summed E-state index contributed by atoms with van der Waals surface area (Å²) in [6, 6.07) is 17.6. The first kappa shape index (κ1) is 22.9. The van der Waals surface area contributed by atoms with Crippen LogP contribution >= 0.6 is 0 Å². The number of carbonyl (C=O) groups is 3. The van der Waals surface area contributed by atoms with Gasteiger partial charge in [0.05, 0.1) is 17.5 Å². The molecule has 0 aliphatic heterocycles. The zero-order valence-electron chi connectivity index (χ0n) is 18.9. The number of aliphatic carboxylic acids is 1. The molecule has 0 radical (unpaired) electrons. The first-order valence-electron chi connectivity index (χ1n) is 11.1. The van der Waals surface area contributed by atoms with Crippen LogP contribution in [-0.2, 0) is 16.0 Å².